The summed E-state index contributed by atoms with van der Waals surface area (Å²) in [5.74, 6) is -1.90. The van der Waals surface area contributed by atoms with Gasteiger partial charge in [-0.05, 0) is 62.1 Å². The van der Waals surface area contributed by atoms with E-state index < -0.39 is 59.2 Å². The number of carbonyl (C=O) groups excluding carboxylic acids is 1. The smallest absolute Gasteiger partial charge is 0.339 e. The number of amides is 1. The Kier molecular flexibility index (Phi) is 7.14. The molecule has 1 saturated heterocycles. The Bertz CT molecular complexity index is 1300. The van der Waals surface area contributed by atoms with Crippen LogP contribution in [0, 0.1) is 11.7 Å². The second-order valence-electron chi connectivity index (χ2n) is 8.32. The Hall–Kier alpha value is -2.47. The lowest BCUT2D eigenvalue weighted by molar-refractivity contribution is -0.137. The third-order valence-corrected chi connectivity index (χ3v) is 9.47. The van der Waals surface area contributed by atoms with Gasteiger partial charge in [0, 0.05) is 19.3 Å². The molecule has 6 nitrogen and oxygen atoms in total. The van der Waals surface area contributed by atoms with Gasteiger partial charge in [-0.25, -0.2) is 21.2 Å². The second kappa shape index (κ2) is 9.29. The Morgan fingerprint density at radius 2 is 1.65 bits per heavy atom. The zero-order valence-electron chi connectivity index (χ0n) is 18.3. The van der Waals surface area contributed by atoms with E-state index in [1.54, 1.807) is 0 Å². The SMILES string of the molecule is CC(C1CCN(C(=O)c2cc(F)ccc2S(C)(=O)=O)CC1)S(=O)(=O)c1cccc(C(F)(F)F)c1. The van der Waals surface area contributed by atoms with Gasteiger partial charge in [0.25, 0.3) is 5.91 Å². The minimum atomic E-state index is -4.68. The van der Waals surface area contributed by atoms with E-state index in [0.29, 0.717) is 6.07 Å². The number of halogens is 4. The van der Waals surface area contributed by atoms with Crippen molar-refractivity contribution in [2.45, 2.75) is 41.0 Å². The molecule has 0 bridgehead atoms. The van der Waals surface area contributed by atoms with Gasteiger partial charge in [-0.2, -0.15) is 13.2 Å². The van der Waals surface area contributed by atoms with Crippen LogP contribution in [-0.4, -0.2) is 52.2 Å². The van der Waals surface area contributed by atoms with Crippen LogP contribution in [0.4, 0.5) is 17.6 Å². The first-order valence-electron chi connectivity index (χ1n) is 10.3. The van der Waals surface area contributed by atoms with Crippen molar-refractivity contribution in [1.29, 1.82) is 0 Å². The fourth-order valence-corrected chi connectivity index (χ4v) is 6.68. The number of carbonyl (C=O) groups is 1. The number of benzene rings is 2. The minimum Gasteiger partial charge on any atom is -0.339 e. The average molecular weight is 522 g/mol. The summed E-state index contributed by atoms with van der Waals surface area (Å²) < 4.78 is 103. The molecule has 0 aliphatic carbocycles. The number of hydrogen-bond donors (Lipinski definition) is 0. The molecule has 1 fully saturated rings. The van der Waals surface area contributed by atoms with Crippen molar-refractivity contribution < 1.29 is 39.2 Å². The van der Waals surface area contributed by atoms with E-state index in [1.807, 2.05) is 0 Å². The zero-order chi connectivity index (χ0) is 25.5. The zero-order valence-corrected chi connectivity index (χ0v) is 20.0. The Balaban J connectivity index is 1.77. The van der Waals surface area contributed by atoms with Gasteiger partial charge in [0.15, 0.2) is 19.7 Å². The highest BCUT2D eigenvalue weighted by Gasteiger charge is 2.37. The Morgan fingerprint density at radius 1 is 1.03 bits per heavy atom. The lowest BCUT2D eigenvalue weighted by Gasteiger charge is -2.35. The van der Waals surface area contributed by atoms with Crippen molar-refractivity contribution >= 4 is 25.6 Å². The highest BCUT2D eigenvalue weighted by Crippen LogP contribution is 2.34. The molecule has 1 aliphatic heterocycles. The first-order valence-corrected chi connectivity index (χ1v) is 13.8. The maximum Gasteiger partial charge on any atom is 0.416 e. The third kappa shape index (κ3) is 5.43. The van der Waals surface area contributed by atoms with E-state index in [9.17, 15) is 39.2 Å². The number of likely N-dealkylation sites (tertiary alicyclic amines) is 1. The first kappa shape index (κ1) is 26.1. The molecular formula is C22H23F4NO5S2. The van der Waals surface area contributed by atoms with Crippen molar-refractivity contribution in [2.75, 3.05) is 19.3 Å². The second-order valence-corrected chi connectivity index (χ2v) is 12.6. The third-order valence-electron chi connectivity index (χ3n) is 6.04. The maximum atomic E-state index is 13.7. The summed E-state index contributed by atoms with van der Waals surface area (Å²) in [6.07, 6.45) is -3.31. The van der Waals surface area contributed by atoms with Gasteiger partial charge in [-0.3, -0.25) is 4.79 Å². The van der Waals surface area contributed by atoms with Gasteiger partial charge in [0.05, 0.1) is 26.2 Å². The predicted octanol–water partition coefficient (Wildman–Crippen LogP) is 3.96. The van der Waals surface area contributed by atoms with Crippen LogP contribution in [-0.2, 0) is 25.9 Å². The minimum absolute atomic E-state index is 0.0890. The summed E-state index contributed by atoms with van der Waals surface area (Å²) in [6.45, 7) is 1.60. The van der Waals surface area contributed by atoms with Gasteiger partial charge >= 0.3 is 6.18 Å². The van der Waals surface area contributed by atoms with Crippen molar-refractivity contribution in [2.24, 2.45) is 5.92 Å². The molecule has 0 N–H and O–H groups in total. The number of rotatable bonds is 5. The molecule has 0 spiro atoms. The number of hydrogen-bond acceptors (Lipinski definition) is 5. The van der Waals surface area contributed by atoms with E-state index in [0.717, 1.165) is 42.7 Å². The van der Waals surface area contributed by atoms with Crippen LogP contribution in [0.15, 0.2) is 52.3 Å². The standard InChI is InChI=1S/C22H23F4NO5S2/c1-14(34(31,32)18-5-3-4-16(12-18)22(24,25)26)15-8-10-27(11-9-15)21(28)19-13-17(23)6-7-20(19)33(2,29)30/h3-7,12-15H,8-11H2,1-2H3. The topological polar surface area (TPSA) is 88.6 Å². The lowest BCUT2D eigenvalue weighted by Crippen LogP contribution is -2.42. The quantitative estimate of drug-likeness (QED) is 0.439. The predicted molar refractivity (Wildman–Crippen MR) is 116 cm³/mol. The molecule has 1 heterocycles. The van der Waals surface area contributed by atoms with Gasteiger partial charge in [0.1, 0.15) is 5.82 Å². The van der Waals surface area contributed by atoms with E-state index in [1.165, 1.54) is 11.8 Å². The number of alkyl halides is 3. The van der Waals surface area contributed by atoms with Gasteiger partial charge < -0.3 is 4.90 Å². The largest absolute Gasteiger partial charge is 0.416 e. The molecule has 186 valence electrons. The molecule has 1 aliphatic rings. The summed E-state index contributed by atoms with van der Waals surface area (Å²) in [4.78, 5) is 13.5. The van der Waals surface area contributed by atoms with E-state index in [2.05, 4.69) is 0 Å². The van der Waals surface area contributed by atoms with Crippen LogP contribution >= 0.6 is 0 Å². The number of sulfone groups is 2. The molecule has 0 saturated carbocycles. The molecule has 1 unspecified atom stereocenters. The summed E-state index contributed by atoms with van der Waals surface area (Å²) in [6, 6.07) is 6.39. The molecule has 1 atom stereocenters. The van der Waals surface area contributed by atoms with Crippen LogP contribution in [0.3, 0.4) is 0 Å². The number of piperidine rings is 1. The highest BCUT2D eigenvalue weighted by atomic mass is 32.2. The molecule has 34 heavy (non-hydrogen) atoms. The molecule has 1 amide bonds. The normalized spacial score (nSPS) is 16.9. The molecule has 12 heteroatoms. The fraction of sp³-hybridized carbons (Fsp3) is 0.409. The summed E-state index contributed by atoms with van der Waals surface area (Å²) in [7, 11) is -7.87. The van der Waals surface area contributed by atoms with Crippen molar-refractivity contribution in [3.63, 3.8) is 0 Å². The van der Waals surface area contributed by atoms with Crippen LogP contribution < -0.4 is 0 Å². The summed E-state index contributed by atoms with van der Waals surface area (Å²) in [5, 5.41) is -1.01. The van der Waals surface area contributed by atoms with Crippen molar-refractivity contribution in [3.05, 3.63) is 59.4 Å². The maximum absolute atomic E-state index is 13.7. The fourth-order valence-electron chi connectivity index (χ4n) is 4.05. The summed E-state index contributed by atoms with van der Waals surface area (Å²) in [5.41, 5.74) is -1.36. The van der Waals surface area contributed by atoms with E-state index >= 15 is 0 Å². The summed E-state index contributed by atoms with van der Waals surface area (Å²) >= 11 is 0. The van der Waals surface area contributed by atoms with Crippen LogP contribution in [0.5, 0.6) is 0 Å². The van der Waals surface area contributed by atoms with Gasteiger partial charge in [0.2, 0.25) is 0 Å². The Labute approximate surface area is 195 Å². The lowest BCUT2D eigenvalue weighted by atomic mass is 9.93. The molecule has 2 aromatic rings. The molecular weight excluding hydrogens is 498 g/mol. The average Bonchev–Trinajstić information content (AvgIpc) is 2.76. The van der Waals surface area contributed by atoms with Crippen molar-refractivity contribution in [3.8, 4) is 0 Å². The van der Waals surface area contributed by atoms with Gasteiger partial charge in [-0.1, -0.05) is 6.07 Å². The van der Waals surface area contributed by atoms with Crippen LogP contribution in [0.2, 0.25) is 0 Å². The molecule has 2 aromatic carbocycles. The first-order chi connectivity index (χ1) is 15.6. The van der Waals surface area contributed by atoms with E-state index in [-0.39, 0.29) is 36.4 Å². The highest BCUT2D eigenvalue weighted by molar-refractivity contribution is 7.92. The monoisotopic (exact) mass is 521 g/mol. The van der Waals surface area contributed by atoms with Crippen molar-refractivity contribution in [1.82, 2.24) is 4.90 Å². The van der Waals surface area contributed by atoms with E-state index in [4.69, 9.17) is 0 Å². The molecule has 0 radical (unpaired) electrons. The number of nitrogens with zero attached hydrogens (tertiary/aromatic N) is 1. The van der Waals surface area contributed by atoms with Crippen LogP contribution in [0.1, 0.15) is 35.7 Å². The molecule has 0 aromatic heterocycles. The Morgan fingerprint density at radius 3 is 2.21 bits per heavy atom. The van der Waals surface area contributed by atoms with Gasteiger partial charge in [-0.15, -0.1) is 0 Å². The van der Waals surface area contributed by atoms with Crippen LogP contribution in [0.25, 0.3) is 0 Å². The molecule has 3 rings (SSSR count).